The van der Waals surface area contributed by atoms with Gasteiger partial charge in [0.1, 0.15) is 0 Å². The summed E-state index contributed by atoms with van der Waals surface area (Å²) in [6.45, 7) is -0.113. The summed E-state index contributed by atoms with van der Waals surface area (Å²) in [7, 11) is -2.44. The molecule has 0 saturated carbocycles. The van der Waals surface area contributed by atoms with Crippen molar-refractivity contribution < 1.29 is 18.1 Å². The first-order valence-corrected chi connectivity index (χ1v) is 8.88. The molecule has 2 N–H and O–H groups in total. The molecule has 1 aromatic carbocycles. The van der Waals surface area contributed by atoms with Crippen LogP contribution < -0.4 is 15.6 Å². The Balaban J connectivity index is 1.93. The van der Waals surface area contributed by atoms with E-state index in [2.05, 4.69) is 10.0 Å². The molecule has 1 aromatic heterocycles. The lowest BCUT2D eigenvalue weighted by atomic mass is 10.2. The molecular formula is C15H16N4O6S. The Labute approximate surface area is 148 Å². The van der Waals surface area contributed by atoms with Gasteiger partial charge < -0.3 is 9.88 Å². The molecule has 1 amide bonds. The van der Waals surface area contributed by atoms with Crippen LogP contribution >= 0.6 is 0 Å². The Bertz CT molecular complexity index is 999. The number of benzene rings is 1. The zero-order chi connectivity index (χ0) is 19.3. The molecule has 10 nitrogen and oxygen atoms in total. The van der Waals surface area contributed by atoms with E-state index < -0.39 is 20.9 Å². The number of pyridine rings is 1. The molecule has 0 aliphatic rings. The molecule has 138 valence electrons. The number of aromatic nitrogens is 1. The highest BCUT2D eigenvalue weighted by Crippen LogP contribution is 2.16. The number of carbonyl (C=O) groups excluding carboxylic acids is 1. The van der Waals surface area contributed by atoms with E-state index in [1.807, 2.05) is 0 Å². The van der Waals surface area contributed by atoms with Crippen molar-refractivity contribution in [1.82, 2.24) is 14.6 Å². The van der Waals surface area contributed by atoms with Gasteiger partial charge in [0.05, 0.1) is 15.4 Å². The Morgan fingerprint density at radius 3 is 2.62 bits per heavy atom. The summed E-state index contributed by atoms with van der Waals surface area (Å²) in [5.41, 5.74) is -0.337. The number of hydrogen-bond acceptors (Lipinski definition) is 6. The predicted molar refractivity (Wildman–Crippen MR) is 92.3 cm³/mol. The number of nitro groups is 1. The second kappa shape index (κ2) is 7.89. The molecule has 0 atom stereocenters. The van der Waals surface area contributed by atoms with Gasteiger partial charge in [-0.05, 0) is 12.1 Å². The van der Waals surface area contributed by atoms with Crippen molar-refractivity contribution in [3.8, 4) is 0 Å². The lowest BCUT2D eigenvalue weighted by Crippen LogP contribution is -2.35. The van der Waals surface area contributed by atoms with E-state index >= 15 is 0 Å². The van der Waals surface area contributed by atoms with Crippen LogP contribution in [0.25, 0.3) is 0 Å². The zero-order valence-electron chi connectivity index (χ0n) is 13.7. The van der Waals surface area contributed by atoms with Gasteiger partial charge >= 0.3 is 0 Å². The minimum atomic E-state index is -3.94. The van der Waals surface area contributed by atoms with Crippen molar-refractivity contribution in [3.05, 3.63) is 68.6 Å². The number of nitrogens with one attached hydrogen (secondary N) is 2. The van der Waals surface area contributed by atoms with Crippen LogP contribution in [0, 0.1) is 10.1 Å². The number of amides is 1. The van der Waals surface area contributed by atoms with Crippen LogP contribution in [0.1, 0.15) is 10.4 Å². The lowest BCUT2D eigenvalue weighted by molar-refractivity contribution is -0.385. The van der Waals surface area contributed by atoms with Crippen LogP contribution in [-0.2, 0) is 17.1 Å². The summed E-state index contributed by atoms with van der Waals surface area (Å²) in [6.07, 6.45) is 1.37. The van der Waals surface area contributed by atoms with Crippen LogP contribution in [0.15, 0.2) is 52.3 Å². The maximum atomic E-state index is 12.1. The summed E-state index contributed by atoms with van der Waals surface area (Å²) < 4.78 is 27.7. The summed E-state index contributed by atoms with van der Waals surface area (Å²) in [5, 5.41) is 13.2. The monoisotopic (exact) mass is 380 g/mol. The summed E-state index contributed by atoms with van der Waals surface area (Å²) in [5.74, 6) is -0.463. The Hall–Kier alpha value is -3.05. The second-order valence-corrected chi connectivity index (χ2v) is 7.04. The van der Waals surface area contributed by atoms with Gasteiger partial charge in [-0.2, -0.15) is 0 Å². The number of rotatable bonds is 7. The summed E-state index contributed by atoms with van der Waals surface area (Å²) in [6, 6.07) is 7.26. The van der Waals surface area contributed by atoms with Crippen LogP contribution in [-0.4, -0.2) is 36.9 Å². The molecule has 1 heterocycles. The van der Waals surface area contributed by atoms with E-state index in [-0.39, 0.29) is 34.8 Å². The Morgan fingerprint density at radius 1 is 1.23 bits per heavy atom. The van der Waals surface area contributed by atoms with Crippen molar-refractivity contribution in [3.63, 3.8) is 0 Å². The van der Waals surface area contributed by atoms with Crippen molar-refractivity contribution in [2.75, 3.05) is 13.1 Å². The van der Waals surface area contributed by atoms with Gasteiger partial charge in [0.2, 0.25) is 15.6 Å². The van der Waals surface area contributed by atoms with Crippen molar-refractivity contribution in [1.29, 1.82) is 0 Å². The molecular weight excluding hydrogens is 364 g/mol. The van der Waals surface area contributed by atoms with E-state index in [9.17, 15) is 28.1 Å². The normalized spacial score (nSPS) is 11.1. The fourth-order valence-corrected chi connectivity index (χ4v) is 3.11. The minimum Gasteiger partial charge on any atom is -0.351 e. The highest BCUT2D eigenvalue weighted by molar-refractivity contribution is 7.89. The number of nitrogens with zero attached hydrogens (tertiary/aromatic N) is 2. The summed E-state index contributed by atoms with van der Waals surface area (Å²) in [4.78, 5) is 33.0. The van der Waals surface area contributed by atoms with Gasteiger partial charge in [0.25, 0.3) is 11.6 Å². The molecule has 2 rings (SSSR count). The van der Waals surface area contributed by atoms with Crippen LogP contribution in [0.5, 0.6) is 0 Å². The van der Waals surface area contributed by atoms with E-state index in [1.165, 1.54) is 48.1 Å². The average Bonchev–Trinajstić information content (AvgIpc) is 2.61. The summed E-state index contributed by atoms with van der Waals surface area (Å²) >= 11 is 0. The third-order valence-corrected chi connectivity index (χ3v) is 4.85. The molecule has 0 saturated heterocycles. The standard InChI is InChI=1S/C15H16N4O6S/c1-18-10-11(5-6-14(18)20)15(21)16-7-8-17-26(24,25)13-4-2-3-12(9-13)19(22)23/h2-6,9-10,17H,7-8H2,1H3,(H,16,21). The number of non-ortho nitro benzene ring substituents is 1. The van der Waals surface area contributed by atoms with Gasteiger partial charge in [-0.3, -0.25) is 19.7 Å². The van der Waals surface area contributed by atoms with Gasteiger partial charge in [-0.15, -0.1) is 0 Å². The zero-order valence-corrected chi connectivity index (χ0v) is 14.5. The van der Waals surface area contributed by atoms with E-state index in [4.69, 9.17) is 0 Å². The predicted octanol–water partition coefficient (Wildman–Crippen LogP) is 0.00180. The smallest absolute Gasteiger partial charge is 0.270 e. The SMILES string of the molecule is Cn1cc(C(=O)NCCNS(=O)(=O)c2cccc([N+](=O)[O-])c2)ccc1=O. The molecule has 11 heteroatoms. The van der Waals surface area contributed by atoms with E-state index in [1.54, 1.807) is 0 Å². The number of sulfonamides is 1. The minimum absolute atomic E-state index is 0.00414. The fraction of sp³-hybridized carbons (Fsp3) is 0.200. The quantitative estimate of drug-likeness (QED) is 0.394. The van der Waals surface area contributed by atoms with Crippen molar-refractivity contribution in [2.45, 2.75) is 4.90 Å². The molecule has 0 aliphatic heterocycles. The van der Waals surface area contributed by atoms with Crippen LogP contribution in [0.3, 0.4) is 0 Å². The highest BCUT2D eigenvalue weighted by Gasteiger charge is 2.17. The first-order chi connectivity index (χ1) is 12.2. The third kappa shape index (κ3) is 4.74. The van der Waals surface area contributed by atoms with E-state index in [0.29, 0.717) is 0 Å². The number of hydrogen-bond donors (Lipinski definition) is 2. The highest BCUT2D eigenvalue weighted by atomic mass is 32.2. The second-order valence-electron chi connectivity index (χ2n) is 5.28. The van der Waals surface area contributed by atoms with Gasteiger partial charge in [0.15, 0.2) is 0 Å². The number of nitro benzene ring substituents is 1. The molecule has 0 spiro atoms. The Kier molecular flexibility index (Phi) is 5.85. The topological polar surface area (TPSA) is 140 Å². The molecule has 0 fully saturated rings. The Morgan fingerprint density at radius 2 is 1.96 bits per heavy atom. The van der Waals surface area contributed by atoms with Crippen molar-refractivity contribution >= 4 is 21.6 Å². The first-order valence-electron chi connectivity index (χ1n) is 7.40. The third-order valence-electron chi connectivity index (χ3n) is 3.39. The molecule has 26 heavy (non-hydrogen) atoms. The number of carbonyl (C=O) groups is 1. The largest absolute Gasteiger partial charge is 0.351 e. The fourth-order valence-electron chi connectivity index (χ4n) is 2.04. The number of aryl methyl sites for hydroxylation is 1. The molecule has 0 aliphatic carbocycles. The van der Waals surface area contributed by atoms with Crippen LogP contribution in [0.4, 0.5) is 5.69 Å². The maximum absolute atomic E-state index is 12.1. The van der Waals surface area contributed by atoms with Gasteiger partial charge in [-0.25, -0.2) is 13.1 Å². The maximum Gasteiger partial charge on any atom is 0.270 e. The first kappa shape index (κ1) is 19.3. The molecule has 2 aromatic rings. The molecule has 0 bridgehead atoms. The van der Waals surface area contributed by atoms with Crippen LogP contribution in [0.2, 0.25) is 0 Å². The molecule has 0 unspecified atom stereocenters. The average molecular weight is 380 g/mol. The lowest BCUT2D eigenvalue weighted by Gasteiger charge is -2.08. The molecule has 0 radical (unpaired) electrons. The van der Waals surface area contributed by atoms with Crippen molar-refractivity contribution in [2.24, 2.45) is 7.05 Å². The van der Waals surface area contributed by atoms with Gasteiger partial charge in [-0.1, -0.05) is 6.07 Å². The van der Waals surface area contributed by atoms with Gasteiger partial charge in [0, 0.05) is 44.5 Å². The van der Waals surface area contributed by atoms with E-state index in [0.717, 1.165) is 6.07 Å².